The molecule has 158 valence electrons. The molecule has 0 aliphatic carbocycles. The first-order chi connectivity index (χ1) is 14.1. The van der Waals surface area contributed by atoms with Crippen molar-refractivity contribution in [3.63, 3.8) is 0 Å². The minimum atomic E-state index is -0.124. The summed E-state index contributed by atoms with van der Waals surface area (Å²) in [5.41, 5.74) is 4.15. The van der Waals surface area contributed by atoms with Crippen LogP contribution in [0.5, 0.6) is 5.75 Å². The molecule has 0 amide bonds. The number of hydrogen-bond acceptors (Lipinski definition) is 3. The Bertz CT molecular complexity index is 998. The lowest BCUT2D eigenvalue weighted by Gasteiger charge is -2.27. The molecule has 0 unspecified atom stereocenters. The Labute approximate surface area is 185 Å². The van der Waals surface area contributed by atoms with Crippen LogP contribution in [0.2, 0.25) is 0 Å². The lowest BCUT2D eigenvalue weighted by Crippen LogP contribution is -2.18. The molecule has 0 radical (unpaired) electrons. The fourth-order valence-corrected chi connectivity index (χ4v) is 4.29. The van der Waals surface area contributed by atoms with Crippen LogP contribution in [-0.4, -0.2) is 5.11 Å². The van der Waals surface area contributed by atoms with Crippen LogP contribution in [0, 0.1) is 0 Å². The molecular weight excluding hydrogens is 386 g/mol. The number of para-hydroxylation sites is 1. The second kappa shape index (κ2) is 8.77. The van der Waals surface area contributed by atoms with Gasteiger partial charge in [0.1, 0.15) is 5.75 Å². The fourth-order valence-electron chi connectivity index (χ4n) is 3.34. The second-order valence-electron chi connectivity index (χ2n) is 9.80. The predicted molar refractivity (Wildman–Crippen MR) is 130 cm³/mol. The van der Waals surface area contributed by atoms with E-state index in [-0.39, 0.29) is 10.8 Å². The van der Waals surface area contributed by atoms with Crippen molar-refractivity contribution in [2.45, 2.75) is 68.7 Å². The first-order valence-electron chi connectivity index (χ1n) is 10.5. The Kier molecular flexibility index (Phi) is 6.52. The molecule has 0 aromatic heterocycles. The molecule has 0 atom stereocenters. The SMILES string of the molecule is CC(C)(C)c1cc(CNc2ccccc2Sc2ccccc2)c(O)c(C(C)(C)C)c1. The highest BCUT2D eigenvalue weighted by molar-refractivity contribution is 7.99. The monoisotopic (exact) mass is 419 g/mol. The van der Waals surface area contributed by atoms with Gasteiger partial charge in [-0.1, -0.05) is 89.7 Å². The topological polar surface area (TPSA) is 32.3 Å². The van der Waals surface area contributed by atoms with Crippen LogP contribution < -0.4 is 5.32 Å². The zero-order valence-corrected chi connectivity index (χ0v) is 19.7. The number of phenolic OH excluding ortho intramolecular Hbond substituents is 1. The highest BCUT2D eigenvalue weighted by atomic mass is 32.2. The first-order valence-corrected chi connectivity index (χ1v) is 11.3. The molecule has 0 aliphatic heterocycles. The van der Waals surface area contributed by atoms with E-state index in [4.69, 9.17) is 0 Å². The van der Waals surface area contributed by atoms with Crippen LogP contribution in [-0.2, 0) is 17.4 Å². The Hall–Kier alpha value is -2.39. The summed E-state index contributed by atoms with van der Waals surface area (Å²) < 4.78 is 0. The lowest BCUT2D eigenvalue weighted by molar-refractivity contribution is 0.439. The second-order valence-corrected chi connectivity index (χ2v) is 10.9. The average Bonchev–Trinajstić information content (AvgIpc) is 2.67. The summed E-state index contributed by atoms with van der Waals surface area (Å²) in [7, 11) is 0. The third-order valence-electron chi connectivity index (χ3n) is 5.19. The van der Waals surface area contributed by atoms with Crippen molar-refractivity contribution < 1.29 is 5.11 Å². The summed E-state index contributed by atoms with van der Waals surface area (Å²) in [6, 6.07) is 23.0. The van der Waals surface area contributed by atoms with E-state index >= 15 is 0 Å². The quantitative estimate of drug-likeness (QED) is 0.443. The molecule has 3 aromatic rings. The van der Waals surface area contributed by atoms with Crippen LogP contribution in [0.4, 0.5) is 5.69 Å². The molecule has 0 spiro atoms. The fraction of sp³-hybridized carbons (Fsp3) is 0.333. The van der Waals surface area contributed by atoms with Gasteiger partial charge in [0.05, 0.1) is 0 Å². The third-order valence-corrected chi connectivity index (χ3v) is 6.27. The predicted octanol–water partition coefficient (Wildman–Crippen LogP) is 7.75. The number of nitrogens with one attached hydrogen (secondary N) is 1. The van der Waals surface area contributed by atoms with Gasteiger partial charge in [0.15, 0.2) is 0 Å². The molecule has 30 heavy (non-hydrogen) atoms. The summed E-state index contributed by atoms with van der Waals surface area (Å²) in [6.45, 7) is 13.7. The van der Waals surface area contributed by atoms with Crippen LogP contribution in [0.25, 0.3) is 0 Å². The highest BCUT2D eigenvalue weighted by Crippen LogP contribution is 2.39. The minimum absolute atomic E-state index is 0.0174. The summed E-state index contributed by atoms with van der Waals surface area (Å²) in [5.74, 6) is 0.399. The van der Waals surface area contributed by atoms with Gasteiger partial charge in [-0.2, -0.15) is 0 Å². The van der Waals surface area contributed by atoms with E-state index in [9.17, 15) is 5.11 Å². The Balaban J connectivity index is 1.91. The van der Waals surface area contributed by atoms with Gasteiger partial charge in [0.2, 0.25) is 0 Å². The zero-order valence-electron chi connectivity index (χ0n) is 18.9. The molecule has 0 saturated carbocycles. The number of rotatable bonds is 5. The van der Waals surface area contributed by atoms with Crippen LogP contribution in [0.15, 0.2) is 76.5 Å². The van der Waals surface area contributed by atoms with Crippen molar-refractivity contribution in [1.29, 1.82) is 0 Å². The Morgan fingerprint density at radius 3 is 2.07 bits per heavy atom. The standard InChI is InChI=1S/C27H33NOS/c1-26(2,3)20-16-19(25(29)22(17-20)27(4,5)6)18-28-23-14-10-11-15-24(23)30-21-12-8-7-9-13-21/h7-17,28-29H,18H2,1-6H3. The number of benzene rings is 3. The van der Waals surface area contributed by atoms with Crippen molar-refractivity contribution in [3.8, 4) is 5.75 Å². The molecule has 0 aliphatic rings. The van der Waals surface area contributed by atoms with Gasteiger partial charge in [0.25, 0.3) is 0 Å². The molecule has 3 rings (SSSR count). The van der Waals surface area contributed by atoms with E-state index in [0.29, 0.717) is 12.3 Å². The van der Waals surface area contributed by atoms with Crippen LogP contribution >= 0.6 is 11.8 Å². The van der Waals surface area contributed by atoms with E-state index in [1.807, 2.05) is 12.1 Å². The molecule has 0 fully saturated rings. The molecule has 0 heterocycles. The van der Waals surface area contributed by atoms with Crippen molar-refractivity contribution in [1.82, 2.24) is 0 Å². The molecule has 3 aromatic carbocycles. The largest absolute Gasteiger partial charge is 0.507 e. The number of phenols is 1. The number of anilines is 1. The summed E-state index contributed by atoms with van der Waals surface area (Å²) in [6.07, 6.45) is 0. The van der Waals surface area contributed by atoms with E-state index in [1.54, 1.807) is 11.8 Å². The summed E-state index contributed by atoms with van der Waals surface area (Å²) in [4.78, 5) is 2.38. The Morgan fingerprint density at radius 1 is 0.800 bits per heavy atom. The van der Waals surface area contributed by atoms with Gasteiger partial charge in [-0.3, -0.25) is 0 Å². The molecule has 0 bridgehead atoms. The number of hydrogen-bond donors (Lipinski definition) is 2. The Morgan fingerprint density at radius 2 is 1.43 bits per heavy atom. The lowest BCUT2D eigenvalue weighted by atomic mass is 9.79. The minimum Gasteiger partial charge on any atom is -0.507 e. The van der Waals surface area contributed by atoms with Gasteiger partial charge in [0, 0.05) is 27.6 Å². The maximum atomic E-state index is 11.1. The molecule has 2 N–H and O–H groups in total. The van der Waals surface area contributed by atoms with Crippen molar-refractivity contribution in [2.75, 3.05) is 5.32 Å². The number of aromatic hydroxyl groups is 1. The van der Waals surface area contributed by atoms with Crippen LogP contribution in [0.1, 0.15) is 58.2 Å². The molecular formula is C27H33NOS. The molecule has 0 saturated heterocycles. The average molecular weight is 420 g/mol. The van der Waals surface area contributed by atoms with Gasteiger partial charge in [-0.05, 0) is 52.3 Å². The van der Waals surface area contributed by atoms with Gasteiger partial charge in [-0.15, -0.1) is 0 Å². The van der Waals surface area contributed by atoms with Crippen LogP contribution in [0.3, 0.4) is 0 Å². The summed E-state index contributed by atoms with van der Waals surface area (Å²) in [5, 5.41) is 14.6. The van der Waals surface area contributed by atoms with Crippen molar-refractivity contribution in [2.24, 2.45) is 0 Å². The van der Waals surface area contributed by atoms with Crippen molar-refractivity contribution >= 4 is 17.4 Å². The van der Waals surface area contributed by atoms with E-state index in [2.05, 4.69) is 101 Å². The first kappa shape index (κ1) is 22.3. The summed E-state index contributed by atoms with van der Waals surface area (Å²) >= 11 is 1.74. The normalized spacial score (nSPS) is 12.1. The van der Waals surface area contributed by atoms with E-state index in [1.165, 1.54) is 15.4 Å². The van der Waals surface area contributed by atoms with E-state index < -0.39 is 0 Å². The third kappa shape index (κ3) is 5.40. The maximum Gasteiger partial charge on any atom is 0.124 e. The van der Waals surface area contributed by atoms with Crippen molar-refractivity contribution in [3.05, 3.63) is 83.4 Å². The smallest absolute Gasteiger partial charge is 0.124 e. The zero-order chi connectivity index (χ0) is 21.9. The maximum absolute atomic E-state index is 11.1. The highest BCUT2D eigenvalue weighted by Gasteiger charge is 2.24. The molecule has 3 heteroatoms. The van der Waals surface area contributed by atoms with Gasteiger partial charge in [-0.25, -0.2) is 0 Å². The van der Waals surface area contributed by atoms with E-state index in [0.717, 1.165) is 16.8 Å². The van der Waals surface area contributed by atoms with Gasteiger partial charge < -0.3 is 10.4 Å². The van der Waals surface area contributed by atoms with Gasteiger partial charge >= 0.3 is 0 Å². The molecule has 2 nitrogen and oxygen atoms in total.